The van der Waals surface area contributed by atoms with Gasteiger partial charge in [0.05, 0.1) is 10.6 Å². The predicted molar refractivity (Wildman–Crippen MR) is 109 cm³/mol. The normalized spacial score (nSPS) is 17.1. The van der Waals surface area contributed by atoms with Crippen molar-refractivity contribution in [3.63, 3.8) is 0 Å². The number of carbonyl (C=O) groups excluding carboxylic acids is 1. The van der Waals surface area contributed by atoms with E-state index in [1.807, 2.05) is 17.9 Å². The standard InChI is InChI=1S/C19H23N3O3S.ClH/c1-15-14-20-12-13-22(15)19(23)16-8-10-18(11-9-16)26(24,25)21(2)17-6-4-3-5-7-17;/h3-11,15,20H,12-14H2,1-2H3;1H/t15-;/m1./s1. The molecule has 0 aliphatic carbocycles. The number of halogens is 1. The van der Waals surface area contributed by atoms with Gasteiger partial charge in [-0.2, -0.15) is 0 Å². The Bertz CT molecular complexity index is 873. The van der Waals surface area contributed by atoms with Gasteiger partial charge in [-0.05, 0) is 43.3 Å². The molecule has 146 valence electrons. The minimum atomic E-state index is -3.67. The van der Waals surface area contributed by atoms with Gasteiger partial charge in [0, 0.05) is 38.3 Å². The molecule has 8 heteroatoms. The first-order valence-electron chi connectivity index (χ1n) is 8.57. The molecule has 2 aromatic rings. The van der Waals surface area contributed by atoms with Crippen LogP contribution in [0.4, 0.5) is 5.69 Å². The van der Waals surface area contributed by atoms with Crippen molar-refractivity contribution >= 4 is 34.0 Å². The van der Waals surface area contributed by atoms with Gasteiger partial charge in [0.25, 0.3) is 15.9 Å². The van der Waals surface area contributed by atoms with Crippen molar-refractivity contribution in [2.75, 3.05) is 31.0 Å². The minimum absolute atomic E-state index is 0. The zero-order valence-corrected chi connectivity index (χ0v) is 17.0. The number of hydrogen-bond donors (Lipinski definition) is 1. The summed E-state index contributed by atoms with van der Waals surface area (Å²) in [6.07, 6.45) is 0. The van der Waals surface area contributed by atoms with Crippen LogP contribution in [0.3, 0.4) is 0 Å². The van der Waals surface area contributed by atoms with E-state index in [-0.39, 0.29) is 29.3 Å². The van der Waals surface area contributed by atoms with Crippen molar-refractivity contribution in [3.8, 4) is 0 Å². The van der Waals surface area contributed by atoms with Crippen LogP contribution in [-0.2, 0) is 10.0 Å². The van der Waals surface area contributed by atoms with E-state index in [1.54, 1.807) is 36.4 Å². The highest BCUT2D eigenvalue weighted by atomic mass is 35.5. The molecule has 3 rings (SSSR count). The topological polar surface area (TPSA) is 69.7 Å². The van der Waals surface area contributed by atoms with Gasteiger partial charge >= 0.3 is 0 Å². The van der Waals surface area contributed by atoms with Gasteiger partial charge in [-0.25, -0.2) is 8.42 Å². The average Bonchev–Trinajstić information content (AvgIpc) is 2.68. The molecular weight excluding hydrogens is 386 g/mol. The third-order valence-electron chi connectivity index (χ3n) is 4.64. The number of carbonyl (C=O) groups is 1. The molecule has 6 nitrogen and oxygen atoms in total. The second kappa shape index (κ2) is 8.73. The summed E-state index contributed by atoms with van der Waals surface area (Å²) < 4.78 is 26.8. The van der Waals surface area contributed by atoms with E-state index in [4.69, 9.17) is 0 Å². The molecule has 0 saturated carbocycles. The Morgan fingerprint density at radius 1 is 1.11 bits per heavy atom. The summed E-state index contributed by atoms with van der Waals surface area (Å²) in [5.41, 5.74) is 1.09. The van der Waals surface area contributed by atoms with Gasteiger partial charge in [0.2, 0.25) is 0 Å². The number of rotatable bonds is 4. The van der Waals surface area contributed by atoms with Crippen LogP contribution < -0.4 is 9.62 Å². The Kier molecular flexibility index (Phi) is 6.86. The Hall–Kier alpha value is -2.09. The van der Waals surface area contributed by atoms with E-state index in [9.17, 15) is 13.2 Å². The van der Waals surface area contributed by atoms with Gasteiger partial charge in [-0.15, -0.1) is 12.4 Å². The Morgan fingerprint density at radius 3 is 2.33 bits per heavy atom. The fourth-order valence-corrected chi connectivity index (χ4v) is 4.21. The van der Waals surface area contributed by atoms with Crippen molar-refractivity contribution in [2.24, 2.45) is 0 Å². The third kappa shape index (κ3) is 4.43. The molecule has 27 heavy (non-hydrogen) atoms. The highest BCUT2D eigenvalue weighted by molar-refractivity contribution is 7.92. The summed E-state index contributed by atoms with van der Waals surface area (Å²) >= 11 is 0. The lowest BCUT2D eigenvalue weighted by Crippen LogP contribution is -2.52. The highest BCUT2D eigenvalue weighted by Gasteiger charge is 2.25. The Labute approximate surface area is 166 Å². The number of nitrogens with zero attached hydrogens (tertiary/aromatic N) is 2. The molecule has 0 unspecified atom stereocenters. The summed E-state index contributed by atoms with van der Waals surface area (Å²) in [7, 11) is -2.15. The lowest BCUT2D eigenvalue weighted by molar-refractivity contribution is 0.0655. The summed E-state index contributed by atoms with van der Waals surface area (Å²) in [4.78, 5) is 14.6. The molecule has 0 radical (unpaired) electrons. The molecule has 1 atom stereocenters. The predicted octanol–water partition coefficient (Wildman–Crippen LogP) is 2.37. The molecule has 0 bridgehead atoms. The van der Waals surface area contributed by atoms with Crippen molar-refractivity contribution in [1.29, 1.82) is 0 Å². The number of amides is 1. The lowest BCUT2D eigenvalue weighted by Gasteiger charge is -2.34. The van der Waals surface area contributed by atoms with Gasteiger partial charge in [0.1, 0.15) is 0 Å². The second-order valence-electron chi connectivity index (χ2n) is 6.38. The van der Waals surface area contributed by atoms with E-state index in [0.29, 0.717) is 17.8 Å². The first-order valence-corrected chi connectivity index (χ1v) is 10.0. The SMILES string of the molecule is C[C@@H]1CNCCN1C(=O)c1ccc(S(=O)(=O)N(C)c2ccccc2)cc1.Cl. The highest BCUT2D eigenvalue weighted by Crippen LogP contribution is 2.22. The first-order chi connectivity index (χ1) is 12.4. The zero-order valence-electron chi connectivity index (χ0n) is 15.3. The lowest BCUT2D eigenvalue weighted by atomic mass is 10.1. The molecule has 1 saturated heterocycles. The van der Waals surface area contributed by atoms with Crippen molar-refractivity contribution in [3.05, 3.63) is 60.2 Å². The van der Waals surface area contributed by atoms with E-state index < -0.39 is 10.0 Å². The average molecular weight is 410 g/mol. The van der Waals surface area contributed by atoms with Crippen LogP contribution in [0.15, 0.2) is 59.5 Å². The van der Waals surface area contributed by atoms with Crippen LogP contribution in [-0.4, -0.2) is 51.9 Å². The number of benzene rings is 2. The molecule has 0 aromatic heterocycles. The van der Waals surface area contributed by atoms with E-state index in [1.165, 1.54) is 23.5 Å². The summed E-state index contributed by atoms with van der Waals surface area (Å²) in [6, 6.07) is 15.2. The van der Waals surface area contributed by atoms with Crippen molar-refractivity contribution in [1.82, 2.24) is 10.2 Å². The maximum Gasteiger partial charge on any atom is 0.264 e. The van der Waals surface area contributed by atoms with Gasteiger partial charge in [-0.3, -0.25) is 9.10 Å². The van der Waals surface area contributed by atoms with Crippen LogP contribution in [0, 0.1) is 0 Å². The molecule has 1 amide bonds. The Balaban J connectivity index is 0.00000261. The molecule has 1 heterocycles. The fraction of sp³-hybridized carbons (Fsp3) is 0.316. The summed E-state index contributed by atoms with van der Waals surface area (Å²) in [5, 5.41) is 3.25. The molecule has 1 N–H and O–H groups in total. The van der Waals surface area contributed by atoms with Gasteiger partial charge < -0.3 is 10.2 Å². The van der Waals surface area contributed by atoms with E-state index in [0.717, 1.165) is 13.1 Å². The number of hydrogen-bond acceptors (Lipinski definition) is 4. The molecule has 1 aliphatic heterocycles. The molecule has 0 spiro atoms. The van der Waals surface area contributed by atoms with Crippen molar-refractivity contribution < 1.29 is 13.2 Å². The third-order valence-corrected chi connectivity index (χ3v) is 6.44. The number of para-hydroxylation sites is 1. The number of anilines is 1. The van der Waals surface area contributed by atoms with E-state index in [2.05, 4.69) is 5.32 Å². The first kappa shape index (κ1) is 21.2. The number of nitrogens with one attached hydrogen (secondary N) is 1. The monoisotopic (exact) mass is 409 g/mol. The van der Waals surface area contributed by atoms with Crippen molar-refractivity contribution in [2.45, 2.75) is 17.9 Å². The van der Waals surface area contributed by atoms with Crippen LogP contribution in [0.1, 0.15) is 17.3 Å². The zero-order chi connectivity index (χ0) is 18.7. The molecule has 2 aromatic carbocycles. The van der Waals surface area contributed by atoms with Crippen LogP contribution in [0.25, 0.3) is 0 Å². The van der Waals surface area contributed by atoms with Gasteiger partial charge in [0.15, 0.2) is 0 Å². The summed E-state index contributed by atoms with van der Waals surface area (Å²) in [6.45, 7) is 4.18. The fourth-order valence-electron chi connectivity index (χ4n) is 3.01. The van der Waals surface area contributed by atoms with Crippen LogP contribution in [0.5, 0.6) is 0 Å². The van der Waals surface area contributed by atoms with Crippen LogP contribution in [0.2, 0.25) is 0 Å². The number of piperazine rings is 1. The smallest absolute Gasteiger partial charge is 0.264 e. The quantitative estimate of drug-likeness (QED) is 0.841. The molecular formula is C19H24ClN3O3S. The maximum atomic E-state index is 12.8. The largest absolute Gasteiger partial charge is 0.333 e. The minimum Gasteiger partial charge on any atom is -0.333 e. The van der Waals surface area contributed by atoms with Gasteiger partial charge in [-0.1, -0.05) is 18.2 Å². The van der Waals surface area contributed by atoms with Crippen LogP contribution >= 0.6 is 12.4 Å². The summed E-state index contributed by atoms with van der Waals surface area (Å²) in [5.74, 6) is -0.0700. The molecule has 1 aliphatic rings. The Morgan fingerprint density at radius 2 is 1.74 bits per heavy atom. The van der Waals surface area contributed by atoms with E-state index >= 15 is 0 Å². The number of sulfonamides is 1. The second-order valence-corrected chi connectivity index (χ2v) is 8.35. The molecule has 1 fully saturated rings. The maximum absolute atomic E-state index is 12.8.